The van der Waals surface area contributed by atoms with Crippen LogP contribution in [-0.2, 0) is 11.3 Å². The molecule has 1 N–H and O–H groups in total. The molecule has 0 atom stereocenters. The van der Waals surface area contributed by atoms with E-state index in [1.165, 1.54) is 5.56 Å². The van der Waals surface area contributed by atoms with Crippen molar-refractivity contribution in [3.8, 4) is 0 Å². The van der Waals surface area contributed by atoms with Gasteiger partial charge in [0.05, 0.1) is 0 Å². The van der Waals surface area contributed by atoms with E-state index < -0.39 is 0 Å². The number of carbonyl (C=O) groups is 2. The van der Waals surface area contributed by atoms with E-state index in [1.54, 1.807) is 11.3 Å². The van der Waals surface area contributed by atoms with Crippen molar-refractivity contribution in [3.63, 3.8) is 0 Å². The molecule has 0 saturated heterocycles. The lowest BCUT2D eigenvalue weighted by atomic mass is 10.1. The van der Waals surface area contributed by atoms with Crippen molar-refractivity contribution in [2.45, 2.75) is 40.2 Å². The third-order valence-corrected chi connectivity index (χ3v) is 4.46. The Hall–Kier alpha value is -1.94. The second-order valence-corrected chi connectivity index (χ2v) is 6.98. The molecule has 0 unspecified atom stereocenters. The SMILES string of the molecule is Cc1cccc(CNC(=O)CCC(=O)c2cc(C)sc2C)c1. The second kappa shape index (κ2) is 7.36. The fourth-order valence-electron chi connectivity index (χ4n) is 2.38. The van der Waals surface area contributed by atoms with Crippen molar-refractivity contribution < 1.29 is 9.59 Å². The summed E-state index contributed by atoms with van der Waals surface area (Å²) in [7, 11) is 0. The topological polar surface area (TPSA) is 46.2 Å². The highest BCUT2D eigenvalue weighted by atomic mass is 32.1. The minimum absolute atomic E-state index is 0.0487. The fourth-order valence-corrected chi connectivity index (χ4v) is 3.32. The molecule has 1 amide bonds. The molecule has 0 aliphatic heterocycles. The van der Waals surface area contributed by atoms with Crippen LogP contribution in [0.4, 0.5) is 0 Å². The van der Waals surface area contributed by atoms with Crippen molar-refractivity contribution >= 4 is 23.0 Å². The number of ketones is 1. The van der Waals surface area contributed by atoms with Gasteiger partial charge >= 0.3 is 0 Å². The molecule has 22 heavy (non-hydrogen) atoms. The third-order valence-electron chi connectivity index (χ3n) is 3.49. The summed E-state index contributed by atoms with van der Waals surface area (Å²) in [4.78, 5) is 26.2. The third kappa shape index (κ3) is 4.53. The summed E-state index contributed by atoms with van der Waals surface area (Å²) in [6.45, 7) is 6.46. The molecule has 1 aromatic carbocycles. The average Bonchev–Trinajstić information content (AvgIpc) is 2.81. The van der Waals surface area contributed by atoms with Gasteiger partial charge in [-0.25, -0.2) is 0 Å². The number of carbonyl (C=O) groups excluding carboxylic acids is 2. The number of thiophene rings is 1. The maximum Gasteiger partial charge on any atom is 0.220 e. The van der Waals surface area contributed by atoms with E-state index in [2.05, 4.69) is 5.32 Å². The Morgan fingerprint density at radius 2 is 1.86 bits per heavy atom. The van der Waals surface area contributed by atoms with E-state index in [0.29, 0.717) is 6.54 Å². The smallest absolute Gasteiger partial charge is 0.220 e. The zero-order valence-electron chi connectivity index (χ0n) is 13.2. The van der Waals surface area contributed by atoms with Gasteiger partial charge in [-0.1, -0.05) is 29.8 Å². The summed E-state index contributed by atoms with van der Waals surface area (Å²) in [6, 6.07) is 9.93. The van der Waals surface area contributed by atoms with E-state index >= 15 is 0 Å². The highest BCUT2D eigenvalue weighted by Gasteiger charge is 2.13. The monoisotopic (exact) mass is 315 g/mol. The van der Waals surface area contributed by atoms with Gasteiger partial charge in [0.25, 0.3) is 0 Å². The van der Waals surface area contributed by atoms with Crippen molar-refractivity contribution in [3.05, 3.63) is 56.8 Å². The lowest BCUT2D eigenvalue weighted by molar-refractivity contribution is -0.121. The van der Waals surface area contributed by atoms with Crippen molar-refractivity contribution in [1.29, 1.82) is 0 Å². The molecule has 0 fully saturated rings. The van der Waals surface area contributed by atoms with Gasteiger partial charge in [0, 0.05) is 34.7 Å². The molecule has 116 valence electrons. The van der Waals surface area contributed by atoms with Crippen LogP contribution in [0.1, 0.15) is 44.1 Å². The molecule has 0 saturated carbocycles. The number of hydrogen-bond donors (Lipinski definition) is 1. The fraction of sp³-hybridized carbons (Fsp3) is 0.333. The summed E-state index contributed by atoms with van der Waals surface area (Å²) >= 11 is 1.62. The molecule has 1 heterocycles. The van der Waals surface area contributed by atoms with Gasteiger partial charge in [-0.05, 0) is 32.4 Å². The molecule has 1 aromatic heterocycles. The van der Waals surface area contributed by atoms with Gasteiger partial charge < -0.3 is 5.32 Å². The minimum atomic E-state index is -0.0838. The number of rotatable bonds is 6. The molecule has 0 radical (unpaired) electrons. The van der Waals surface area contributed by atoms with Crippen LogP contribution in [0, 0.1) is 20.8 Å². The summed E-state index contributed by atoms with van der Waals surface area (Å²) in [5.74, 6) is -0.0352. The molecule has 4 heteroatoms. The predicted molar refractivity (Wildman–Crippen MR) is 90.4 cm³/mol. The quantitative estimate of drug-likeness (QED) is 0.820. The number of amides is 1. The Morgan fingerprint density at radius 3 is 2.50 bits per heavy atom. The first-order valence-electron chi connectivity index (χ1n) is 7.38. The van der Waals surface area contributed by atoms with Crippen LogP contribution >= 0.6 is 11.3 Å². The number of aryl methyl sites for hydroxylation is 3. The normalized spacial score (nSPS) is 10.5. The molecule has 0 bridgehead atoms. The van der Waals surface area contributed by atoms with E-state index in [1.807, 2.05) is 51.1 Å². The first-order chi connectivity index (χ1) is 10.5. The largest absolute Gasteiger partial charge is 0.352 e. The van der Waals surface area contributed by atoms with Gasteiger partial charge in [-0.2, -0.15) is 0 Å². The zero-order chi connectivity index (χ0) is 16.1. The van der Waals surface area contributed by atoms with Gasteiger partial charge in [0.1, 0.15) is 0 Å². The van der Waals surface area contributed by atoms with Crippen LogP contribution in [0.15, 0.2) is 30.3 Å². The van der Waals surface area contributed by atoms with E-state index in [4.69, 9.17) is 0 Å². The molecule has 0 spiro atoms. The van der Waals surface area contributed by atoms with Crippen LogP contribution in [0.5, 0.6) is 0 Å². The molecule has 2 aromatic rings. The highest BCUT2D eigenvalue weighted by molar-refractivity contribution is 7.12. The number of hydrogen-bond acceptors (Lipinski definition) is 3. The lowest BCUT2D eigenvalue weighted by Crippen LogP contribution is -2.23. The molecule has 0 aliphatic rings. The standard InChI is InChI=1S/C18H21NO2S/c1-12-5-4-6-15(9-12)11-19-18(21)8-7-17(20)16-10-13(2)22-14(16)3/h4-6,9-10H,7-8,11H2,1-3H3,(H,19,21). The van der Waals surface area contributed by atoms with Crippen LogP contribution in [-0.4, -0.2) is 11.7 Å². The summed E-state index contributed by atoms with van der Waals surface area (Å²) in [5.41, 5.74) is 3.00. The molecule has 2 rings (SSSR count). The molecule has 0 aliphatic carbocycles. The van der Waals surface area contributed by atoms with Gasteiger partial charge in [-0.3, -0.25) is 9.59 Å². The number of Topliss-reactive ketones (excluding diaryl/α,β-unsaturated/α-hetero) is 1. The van der Waals surface area contributed by atoms with E-state index in [9.17, 15) is 9.59 Å². The van der Waals surface area contributed by atoms with Gasteiger partial charge in [0.15, 0.2) is 5.78 Å². The Balaban J connectivity index is 1.80. The molecule has 3 nitrogen and oxygen atoms in total. The van der Waals surface area contributed by atoms with Crippen LogP contribution < -0.4 is 5.32 Å². The lowest BCUT2D eigenvalue weighted by Gasteiger charge is -2.06. The highest BCUT2D eigenvalue weighted by Crippen LogP contribution is 2.22. The van der Waals surface area contributed by atoms with Crippen molar-refractivity contribution in [1.82, 2.24) is 5.32 Å². The average molecular weight is 315 g/mol. The summed E-state index contributed by atoms with van der Waals surface area (Å²) < 4.78 is 0. The Kier molecular flexibility index (Phi) is 5.50. The predicted octanol–water partition coefficient (Wildman–Crippen LogP) is 3.95. The molecular formula is C18H21NO2S. The Labute approximate surface area is 135 Å². The van der Waals surface area contributed by atoms with Crippen LogP contribution in [0.25, 0.3) is 0 Å². The summed E-state index contributed by atoms with van der Waals surface area (Å²) in [5, 5.41) is 2.86. The maximum atomic E-state index is 12.1. The first-order valence-corrected chi connectivity index (χ1v) is 8.20. The first kappa shape index (κ1) is 16.4. The number of benzene rings is 1. The zero-order valence-corrected chi connectivity index (χ0v) is 14.0. The Morgan fingerprint density at radius 1 is 1.09 bits per heavy atom. The minimum Gasteiger partial charge on any atom is -0.352 e. The van der Waals surface area contributed by atoms with Crippen molar-refractivity contribution in [2.75, 3.05) is 0 Å². The second-order valence-electron chi connectivity index (χ2n) is 5.52. The van der Waals surface area contributed by atoms with Gasteiger partial charge in [0.2, 0.25) is 5.91 Å². The van der Waals surface area contributed by atoms with Crippen LogP contribution in [0.3, 0.4) is 0 Å². The van der Waals surface area contributed by atoms with Crippen molar-refractivity contribution in [2.24, 2.45) is 0 Å². The Bertz CT molecular complexity index is 688. The molecular weight excluding hydrogens is 294 g/mol. The maximum absolute atomic E-state index is 12.1. The van der Waals surface area contributed by atoms with Crippen LogP contribution in [0.2, 0.25) is 0 Å². The van der Waals surface area contributed by atoms with Gasteiger partial charge in [-0.15, -0.1) is 11.3 Å². The number of nitrogens with one attached hydrogen (secondary N) is 1. The van der Waals surface area contributed by atoms with E-state index in [0.717, 1.165) is 20.9 Å². The summed E-state index contributed by atoms with van der Waals surface area (Å²) in [6.07, 6.45) is 0.496. The van der Waals surface area contributed by atoms with E-state index in [-0.39, 0.29) is 24.5 Å².